The highest BCUT2D eigenvalue weighted by Gasteiger charge is 2.17. The van der Waals surface area contributed by atoms with Crippen LogP contribution in [0.15, 0.2) is 36.7 Å². The fourth-order valence-corrected chi connectivity index (χ4v) is 2.51. The van der Waals surface area contributed by atoms with Crippen LogP contribution < -0.4 is 5.32 Å². The highest BCUT2D eigenvalue weighted by molar-refractivity contribution is 6.34. The second-order valence-electron chi connectivity index (χ2n) is 4.55. The summed E-state index contributed by atoms with van der Waals surface area (Å²) in [7, 11) is 0. The molecule has 0 amide bonds. The van der Waals surface area contributed by atoms with Gasteiger partial charge in [-0.05, 0) is 31.2 Å². The summed E-state index contributed by atoms with van der Waals surface area (Å²) in [6, 6.07) is 7.66. The molecule has 0 aliphatic rings. The van der Waals surface area contributed by atoms with Crippen LogP contribution in [0.25, 0.3) is 0 Å². The second-order valence-corrected chi connectivity index (χ2v) is 5.40. The Hall–Kier alpha value is -1.16. The zero-order valence-corrected chi connectivity index (χ0v) is 12.8. The van der Waals surface area contributed by atoms with Crippen LogP contribution in [0.1, 0.15) is 30.8 Å². The highest BCUT2D eigenvalue weighted by atomic mass is 35.5. The van der Waals surface area contributed by atoms with E-state index in [0.29, 0.717) is 10.0 Å². The molecule has 106 valence electrons. The first kappa shape index (κ1) is 15.2. The average molecular weight is 310 g/mol. The Kier molecular flexibility index (Phi) is 5.77. The van der Waals surface area contributed by atoms with E-state index in [9.17, 15) is 0 Å². The maximum atomic E-state index is 6.26. The Morgan fingerprint density at radius 3 is 2.75 bits per heavy atom. The van der Waals surface area contributed by atoms with Gasteiger partial charge in [0.25, 0.3) is 0 Å². The monoisotopic (exact) mass is 309 g/mol. The van der Waals surface area contributed by atoms with Crippen molar-refractivity contribution in [1.82, 2.24) is 15.3 Å². The van der Waals surface area contributed by atoms with Crippen molar-refractivity contribution in [2.45, 2.75) is 25.8 Å². The van der Waals surface area contributed by atoms with Crippen molar-refractivity contribution in [2.24, 2.45) is 0 Å². The molecule has 2 rings (SSSR count). The van der Waals surface area contributed by atoms with E-state index >= 15 is 0 Å². The van der Waals surface area contributed by atoms with Crippen molar-refractivity contribution in [1.29, 1.82) is 0 Å². The van der Waals surface area contributed by atoms with Gasteiger partial charge in [0.1, 0.15) is 0 Å². The van der Waals surface area contributed by atoms with E-state index in [1.807, 2.05) is 18.2 Å². The molecule has 0 aliphatic heterocycles. The largest absolute Gasteiger partial charge is 0.308 e. The Balaban J connectivity index is 2.22. The van der Waals surface area contributed by atoms with Crippen molar-refractivity contribution in [3.8, 4) is 0 Å². The van der Waals surface area contributed by atoms with Crippen LogP contribution in [0.3, 0.4) is 0 Å². The van der Waals surface area contributed by atoms with Gasteiger partial charge in [0.05, 0.1) is 21.8 Å². The average Bonchev–Trinajstić information content (AvgIpc) is 2.45. The summed E-state index contributed by atoms with van der Waals surface area (Å²) in [5, 5.41) is 4.60. The molecule has 0 aromatic carbocycles. The predicted molar refractivity (Wildman–Crippen MR) is 83.2 cm³/mol. The molecule has 0 spiro atoms. The number of pyridine rings is 2. The van der Waals surface area contributed by atoms with E-state index in [1.54, 1.807) is 18.5 Å². The molecular weight excluding hydrogens is 293 g/mol. The van der Waals surface area contributed by atoms with Crippen molar-refractivity contribution >= 4 is 23.2 Å². The molecule has 2 aromatic rings. The molecule has 20 heavy (non-hydrogen) atoms. The molecule has 0 fully saturated rings. The van der Waals surface area contributed by atoms with Crippen LogP contribution in [0, 0.1) is 0 Å². The van der Waals surface area contributed by atoms with Gasteiger partial charge < -0.3 is 5.32 Å². The lowest BCUT2D eigenvalue weighted by Crippen LogP contribution is -2.25. The maximum Gasteiger partial charge on any atom is 0.0764 e. The first-order valence-electron chi connectivity index (χ1n) is 6.65. The van der Waals surface area contributed by atoms with Gasteiger partial charge in [-0.15, -0.1) is 0 Å². The lowest BCUT2D eigenvalue weighted by Gasteiger charge is -2.19. The Morgan fingerprint density at radius 2 is 2.10 bits per heavy atom. The first-order valence-corrected chi connectivity index (χ1v) is 7.40. The molecular formula is C15H17Cl2N3. The molecule has 1 atom stereocenters. The minimum Gasteiger partial charge on any atom is -0.308 e. The Labute approximate surface area is 129 Å². The summed E-state index contributed by atoms with van der Waals surface area (Å²) in [6.45, 7) is 3.03. The van der Waals surface area contributed by atoms with E-state index in [2.05, 4.69) is 22.2 Å². The van der Waals surface area contributed by atoms with Gasteiger partial charge in [-0.2, -0.15) is 0 Å². The zero-order chi connectivity index (χ0) is 14.4. The smallest absolute Gasteiger partial charge is 0.0764 e. The summed E-state index contributed by atoms with van der Waals surface area (Å²) in [5.41, 5.74) is 1.82. The third kappa shape index (κ3) is 4.17. The summed E-state index contributed by atoms with van der Waals surface area (Å²) in [5.74, 6) is 0. The van der Waals surface area contributed by atoms with Crippen LogP contribution in [0.4, 0.5) is 0 Å². The van der Waals surface area contributed by atoms with Crippen LogP contribution in [-0.4, -0.2) is 16.5 Å². The van der Waals surface area contributed by atoms with E-state index in [1.165, 1.54) is 0 Å². The number of aromatic nitrogens is 2. The van der Waals surface area contributed by atoms with Gasteiger partial charge in [-0.1, -0.05) is 36.2 Å². The van der Waals surface area contributed by atoms with Crippen molar-refractivity contribution < 1.29 is 0 Å². The second kappa shape index (κ2) is 7.58. The lowest BCUT2D eigenvalue weighted by molar-refractivity contribution is 0.513. The topological polar surface area (TPSA) is 37.8 Å². The molecule has 0 bridgehead atoms. The fraction of sp³-hybridized carbons (Fsp3) is 0.333. The number of hydrogen-bond acceptors (Lipinski definition) is 3. The summed E-state index contributed by atoms with van der Waals surface area (Å²) < 4.78 is 0. The van der Waals surface area contributed by atoms with Crippen LogP contribution in [0.5, 0.6) is 0 Å². The Morgan fingerprint density at radius 1 is 1.25 bits per heavy atom. The third-order valence-corrected chi connectivity index (χ3v) is 3.46. The maximum absolute atomic E-state index is 6.26. The van der Waals surface area contributed by atoms with Crippen LogP contribution in [0.2, 0.25) is 10.0 Å². The summed E-state index contributed by atoms with van der Waals surface area (Å²) >= 11 is 12.2. The van der Waals surface area contributed by atoms with E-state index in [0.717, 1.165) is 30.8 Å². The van der Waals surface area contributed by atoms with Gasteiger partial charge >= 0.3 is 0 Å². The summed E-state index contributed by atoms with van der Waals surface area (Å²) in [6.07, 6.45) is 5.21. The SMILES string of the molecule is CCCNC(Cc1ccccn1)c1ncc(Cl)cc1Cl. The molecule has 0 radical (unpaired) electrons. The standard InChI is InChI=1S/C15H17Cl2N3/c1-2-6-19-14(9-12-5-3-4-7-18-12)15-13(17)8-11(16)10-20-15/h3-5,7-8,10,14,19H,2,6,9H2,1H3. The van der Waals surface area contributed by atoms with E-state index in [4.69, 9.17) is 23.2 Å². The third-order valence-electron chi connectivity index (χ3n) is 2.95. The fourth-order valence-electron chi connectivity index (χ4n) is 1.99. The van der Waals surface area contributed by atoms with E-state index in [-0.39, 0.29) is 6.04 Å². The van der Waals surface area contributed by atoms with Crippen molar-refractivity contribution in [2.75, 3.05) is 6.54 Å². The number of hydrogen-bond donors (Lipinski definition) is 1. The van der Waals surface area contributed by atoms with Crippen LogP contribution >= 0.6 is 23.2 Å². The van der Waals surface area contributed by atoms with E-state index < -0.39 is 0 Å². The predicted octanol–water partition coefficient (Wildman–Crippen LogP) is 4.07. The molecule has 5 heteroatoms. The molecule has 0 aliphatic carbocycles. The minimum atomic E-state index is 0.0367. The number of rotatable bonds is 6. The lowest BCUT2D eigenvalue weighted by atomic mass is 10.1. The minimum absolute atomic E-state index is 0.0367. The molecule has 2 aromatic heterocycles. The van der Waals surface area contributed by atoms with Crippen molar-refractivity contribution in [3.63, 3.8) is 0 Å². The molecule has 3 nitrogen and oxygen atoms in total. The molecule has 0 saturated carbocycles. The number of nitrogens with zero attached hydrogens (tertiary/aromatic N) is 2. The van der Waals surface area contributed by atoms with Gasteiger partial charge in [0.2, 0.25) is 0 Å². The molecule has 2 heterocycles. The molecule has 1 unspecified atom stereocenters. The van der Waals surface area contributed by atoms with Crippen LogP contribution in [-0.2, 0) is 6.42 Å². The number of halogens is 2. The zero-order valence-electron chi connectivity index (χ0n) is 11.3. The molecule has 0 saturated heterocycles. The number of nitrogens with one attached hydrogen (secondary N) is 1. The van der Waals surface area contributed by atoms with Gasteiger partial charge in [0.15, 0.2) is 0 Å². The Bertz CT molecular complexity index is 546. The molecule has 1 N–H and O–H groups in total. The highest BCUT2D eigenvalue weighted by Crippen LogP contribution is 2.25. The van der Waals surface area contributed by atoms with Gasteiger partial charge in [-0.3, -0.25) is 9.97 Å². The first-order chi connectivity index (χ1) is 9.70. The quantitative estimate of drug-likeness (QED) is 0.874. The van der Waals surface area contributed by atoms with Crippen molar-refractivity contribution in [3.05, 3.63) is 58.1 Å². The normalized spacial score (nSPS) is 12.3. The summed E-state index contributed by atoms with van der Waals surface area (Å²) in [4.78, 5) is 8.74. The van der Waals surface area contributed by atoms with Gasteiger partial charge in [-0.25, -0.2) is 0 Å². The van der Waals surface area contributed by atoms with Gasteiger partial charge in [0, 0.05) is 24.5 Å².